The molecular formula is C12H17N3O. The van der Waals surface area contributed by atoms with Crippen molar-refractivity contribution in [3.63, 3.8) is 0 Å². The number of hydrogen-bond donors (Lipinski definition) is 2. The van der Waals surface area contributed by atoms with Crippen molar-refractivity contribution < 1.29 is 4.74 Å². The van der Waals surface area contributed by atoms with E-state index in [1.54, 1.807) is 6.20 Å². The Hall–Kier alpha value is -1.39. The standard InChI is InChI=1S/C12H17N3O/c1-2-9-8-14-6-5-10(9)12(15-13)11-4-3-7-16-11/h4-6,8,12,15H,2-3,7,13H2,1H3. The SMILES string of the molecule is CCc1cnccc1C(NN)C1=CCCO1. The second-order valence-corrected chi connectivity index (χ2v) is 3.77. The Bertz CT molecular complexity index is 390. The molecule has 0 aliphatic carbocycles. The smallest absolute Gasteiger partial charge is 0.115 e. The summed E-state index contributed by atoms with van der Waals surface area (Å²) in [4.78, 5) is 4.13. The van der Waals surface area contributed by atoms with Gasteiger partial charge in [-0.1, -0.05) is 6.92 Å². The summed E-state index contributed by atoms with van der Waals surface area (Å²) in [6, 6.07) is 1.94. The molecule has 4 heteroatoms. The van der Waals surface area contributed by atoms with E-state index in [2.05, 4.69) is 23.4 Å². The van der Waals surface area contributed by atoms with Gasteiger partial charge in [0.15, 0.2) is 0 Å². The summed E-state index contributed by atoms with van der Waals surface area (Å²) in [7, 11) is 0. The average Bonchev–Trinajstić information content (AvgIpc) is 2.84. The highest BCUT2D eigenvalue weighted by molar-refractivity contribution is 5.32. The third kappa shape index (κ3) is 2.08. The number of pyridine rings is 1. The van der Waals surface area contributed by atoms with Crippen LogP contribution in [0, 0.1) is 0 Å². The number of nitrogens with zero attached hydrogens (tertiary/aromatic N) is 1. The summed E-state index contributed by atoms with van der Waals surface area (Å²) in [5.41, 5.74) is 5.16. The molecule has 0 saturated carbocycles. The van der Waals surface area contributed by atoms with Crippen molar-refractivity contribution in [2.45, 2.75) is 25.8 Å². The lowest BCUT2D eigenvalue weighted by molar-refractivity contribution is 0.215. The number of nitrogens with two attached hydrogens (primary N) is 1. The Morgan fingerprint density at radius 1 is 1.62 bits per heavy atom. The summed E-state index contributed by atoms with van der Waals surface area (Å²) >= 11 is 0. The van der Waals surface area contributed by atoms with Crippen molar-refractivity contribution in [2.24, 2.45) is 5.84 Å². The van der Waals surface area contributed by atoms with Crippen LogP contribution in [0.3, 0.4) is 0 Å². The lowest BCUT2D eigenvalue weighted by atomic mass is 10.00. The zero-order valence-corrected chi connectivity index (χ0v) is 9.44. The number of hydrogen-bond acceptors (Lipinski definition) is 4. The van der Waals surface area contributed by atoms with Crippen LogP contribution in [0.2, 0.25) is 0 Å². The summed E-state index contributed by atoms with van der Waals surface area (Å²) in [5, 5.41) is 0. The van der Waals surface area contributed by atoms with Crippen LogP contribution < -0.4 is 11.3 Å². The molecule has 86 valence electrons. The number of aromatic nitrogens is 1. The van der Waals surface area contributed by atoms with Gasteiger partial charge in [-0.05, 0) is 29.7 Å². The molecule has 0 spiro atoms. The number of aryl methyl sites for hydroxylation is 1. The van der Waals surface area contributed by atoms with E-state index in [-0.39, 0.29) is 6.04 Å². The molecular weight excluding hydrogens is 202 g/mol. The summed E-state index contributed by atoms with van der Waals surface area (Å²) in [6.07, 6.45) is 7.66. The van der Waals surface area contributed by atoms with E-state index in [1.165, 1.54) is 5.56 Å². The Balaban J connectivity index is 2.32. The van der Waals surface area contributed by atoms with Crippen LogP contribution in [0.15, 0.2) is 30.3 Å². The highest BCUT2D eigenvalue weighted by Crippen LogP contribution is 2.27. The monoisotopic (exact) mass is 219 g/mol. The van der Waals surface area contributed by atoms with E-state index >= 15 is 0 Å². The van der Waals surface area contributed by atoms with Crippen molar-refractivity contribution in [2.75, 3.05) is 6.61 Å². The van der Waals surface area contributed by atoms with Gasteiger partial charge in [0.2, 0.25) is 0 Å². The largest absolute Gasteiger partial charge is 0.496 e. The van der Waals surface area contributed by atoms with Gasteiger partial charge in [-0.15, -0.1) is 0 Å². The predicted octanol–water partition coefficient (Wildman–Crippen LogP) is 1.45. The molecule has 4 nitrogen and oxygen atoms in total. The molecule has 0 bridgehead atoms. The zero-order chi connectivity index (χ0) is 11.4. The molecule has 2 rings (SSSR count). The summed E-state index contributed by atoms with van der Waals surface area (Å²) < 4.78 is 5.56. The first-order valence-corrected chi connectivity index (χ1v) is 5.58. The van der Waals surface area contributed by atoms with Gasteiger partial charge >= 0.3 is 0 Å². The Morgan fingerprint density at radius 2 is 2.50 bits per heavy atom. The van der Waals surface area contributed by atoms with Gasteiger partial charge in [0.05, 0.1) is 6.61 Å². The Morgan fingerprint density at radius 3 is 3.12 bits per heavy atom. The van der Waals surface area contributed by atoms with E-state index in [0.717, 1.165) is 30.8 Å². The molecule has 0 saturated heterocycles. The second-order valence-electron chi connectivity index (χ2n) is 3.77. The molecule has 1 aliphatic heterocycles. The molecule has 1 aromatic heterocycles. The van der Waals surface area contributed by atoms with Crippen molar-refractivity contribution in [1.82, 2.24) is 10.4 Å². The van der Waals surface area contributed by atoms with Crippen LogP contribution >= 0.6 is 0 Å². The maximum Gasteiger partial charge on any atom is 0.115 e. The van der Waals surface area contributed by atoms with Crippen molar-refractivity contribution in [3.8, 4) is 0 Å². The lowest BCUT2D eigenvalue weighted by Crippen LogP contribution is -2.30. The van der Waals surface area contributed by atoms with Gasteiger partial charge in [-0.3, -0.25) is 10.8 Å². The Labute approximate surface area is 95.5 Å². The third-order valence-electron chi connectivity index (χ3n) is 2.82. The normalized spacial score (nSPS) is 16.8. The third-order valence-corrected chi connectivity index (χ3v) is 2.82. The quantitative estimate of drug-likeness (QED) is 0.594. The summed E-state index contributed by atoms with van der Waals surface area (Å²) in [5.74, 6) is 6.54. The van der Waals surface area contributed by atoms with Crippen LogP contribution in [0.5, 0.6) is 0 Å². The maximum atomic E-state index is 5.62. The lowest BCUT2D eigenvalue weighted by Gasteiger charge is -2.19. The first kappa shape index (κ1) is 11.1. The van der Waals surface area contributed by atoms with Crippen LogP contribution in [-0.4, -0.2) is 11.6 Å². The molecule has 0 aromatic carbocycles. The molecule has 0 radical (unpaired) electrons. The van der Waals surface area contributed by atoms with Gasteiger partial charge in [-0.25, -0.2) is 5.43 Å². The van der Waals surface area contributed by atoms with Crippen LogP contribution in [0.4, 0.5) is 0 Å². The molecule has 1 atom stereocenters. The van der Waals surface area contributed by atoms with Gasteiger partial charge in [-0.2, -0.15) is 0 Å². The van der Waals surface area contributed by atoms with Crippen molar-refractivity contribution in [3.05, 3.63) is 41.4 Å². The molecule has 0 amide bonds. The topological polar surface area (TPSA) is 60.2 Å². The fourth-order valence-electron chi connectivity index (χ4n) is 1.98. The van der Waals surface area contributed by atoms with Crippen molar-refractivity contribution >= 4 is 0 Å². The number of ether oxygens (including phenoxy) is 1. The van der Waals surface area contributed by atoms with Crippen LogP contribution in [-0.2, 0) is 11.2 Å². The summed E-state index contributed by atoms with van der Waals surface area (Å²) in [6.45, 7) is 2.86. The minimum Gasteiger partial charge on any atom is -0.496 e. The van der Waals surface area contributed by atoms with Gasteiger partial charge in [0.1, 0.15) is 11.8 Å². The molecule has 1 unspecified atom stereocenters. The molecule has 2 heterocycles. The van der Waals surface area contributed by atoms with Gasteiger partial charge in [0.25, 0.3) is 0 Å². The highest BCUT2D eigenvalue weighted by atomic mass is 16.5. The van der Waals surface area contributed by atoms with Gasteiger partial charge < -0.3 is 4.74 Å². The number of hydrazine groups is 1. The van der Waals surface area contributed by atoms with Gasteiger partial charge in [0, 0.05) is 18.8 Å². The maximum absolute atomic E-state index is 5.62. The molecule has 0 fully saturated rings. The van der Waals surface area contributed by atoms with E-state index in [0.29, 0.717) is 0 Å². The predicted molar refractivity (Wildman–Crippen MR) is 62.3 cm³/mol. The van der Waals surface area contributed by atoms with Crippen LogP contribution in [0.25, 0.3) is 0 Å². The first-order valence-electron chi connectivity index (χ1n) is 5.58. The minimum absolute atomic E-state index is 0.0551. The van der Waals surface area contributed by atoms with Crippen molar-refractivity contribution in [1.29, 1.82) is 0 Å². The van der Waals surface area contributed by atoms with E-state index < -0.39 is 0 Å². The first-order chi connectivity index (χ1) is 7.86. The minimum atomic E-state index is -0.0551. The highest BCUT2D eigenvalue weighted by Gasteiger charge is 2.21. The molecule has 1 aliphatic rings. The fourth-order valence-corrected chi connectivity index (χ4v) is 1.98. The molecule has 16 heavy (non-hydrogen) atoms. The number of rotatable bonds is 4. The Kier molecular flexibility index (Phi) is 3.54. The average molecular weight is 219 g/mol. The van der Waals surface area contributed by atoms with E-state index in [1.807, 2.05) is 12.3 Å². The van der Waals surface area contributed by atoms with Crippen LogP contribution in [0.1, 0.15) is 30.5 Å². The molecule has 1 aromatic rings. The fraction of sp³-hybridized carbons (Fsp3) is 0.417. The number of nitrogens with one attached hydrogen (secondary N) is 1. The van der Waals surface area contributed by atoms with E-state index in [4.69, 9.17) is 10.6 Å². The second kappa shape index (κ2) is 5.09. The van der Waals surface area contributed by atoms with E-state index in [9.17, 15) is 0 Å². The molecule has 3 N–H and O–H groups in total. The zero-order valence-electron chi connectivity index (χ0n) is 9.44.